The molecule has 7 heteroatoms. The van der Waals surface area contributed by atoms with Gasteiger partial charge in [-0.1, -0.05) is 18.2 Å². The van der Waals surface area contributed by atoms with Crippen molar-refractivity contribution >= 4 is 15.9 Å². The van der Waals surface area contributed by atoms with Crippen LogP contribution >= 0.6 is 0 Å². The van der Waals surface area contributed by atoms with E-state index in [0.29, 0.717) is 39.4 Å². The smallest absolute Gasteiger partial charge is 0.282 e. The number of anilines is 1. The highest BCUT2D eigenvalue weighted by Crippen LogP contribution is 2.22. The molecule has 0 atom stereocenters. The fraction of sp³-hybridized carbons (Fsp3) is 0.600. The summed E-state index contributed by atoms with van der Waals surface area (Å²) in [6, 6.07) is 8.24. The van der Waals surface area contributed by atoms with Crippen molar-refractivity contribution in [1.82, 2.24) is 8.61 Å². The van der Waals surface area contributed by atoms with E-state index >= 15 is 0 Å². The number of hydrogen-bond acceptors (Lipinski definition) is 4. The second-order valence-corrected chi connectivity index (χ2v) is 7.62. The number of nitrogens with zero attached hydrogens (tertiary/aromatic N) is 3. The predicted molar refractivity (Wildman–Crippen MR) is 86.3 cm³/mol. The number of morpholine rings is 1. The molecule has 0 saturated carbocycles. The van der Waals surface area contributed by atoms with Gasteiger partial charge in [-0.25, -0.2) is 0 Å². The van der Waals surface area contributed by atoms with Gasteiger partial charge in [0.1, 0.15) is 0 Å². The van der Waals surface area contributed by atoms with Crippen LogP contribution in [0.5, 0.6) is 0 Å². The molecule has 0 aliphatic carbocycles. The summed E-state index contributed by atoms with van der Waals surface area (Å²) >= 11 is 0. The van der Waals surface area contributed by atoms with E-state index in [-0.39, 0.29) is 0 Å². The van der Waals surface area contributed by atoms with Crippen molar-refractivity contribution in [2.24, 2.45) is 0 Å². The van der Waals surface area contributed by atoms with Crippen LogP contribution in [0.25, 0.3) is 0 Å². The lowest BCUT2D eigenvalue weighted by Crippen LogP contribution is -2.55. The van der Waals surface area contributed by atoms with Crippen molar-refractivity contribution in [3.8, 4) is 0 Å². The van der Waals surface area contributed by atoms with Gasteiger partial charge in [-0.15, -0.1) is 0 Å². The summed E-state index contributed by atoms with van der Waals surface area (Å²) in [6.07, 6.45) is 0. The minimum absolute atomic E-state index is 0.459. The molecule has 22 heavy (non-hydrogen) atoms. The Morgan fingerprint density at radius 1 is 0.909 bits per heavy atom. The zero-order valence-electron chi connectivity index (χ0n) is 12.9. The Kier molecular flexibility index (Phi) is 4.67. The van der Waals surface area contributed by atoms with Gasteiger partial charge in [-0.05, 0) is 18.6 Å². The number of piperazine rings is 1. The summed E-state index contributed by atoms with van der Waals surface area (Å²) in [5.74, 6) is 0. The van der Waals surface area contributed by atoms with Crippen LogP contribution in [0.1, 0.15) is 5.56 Å². The molecule has 0 aromatic heterocycles. The molecule has 0 amide bonds. The summed E-state index contributed by atoms with van der Waals surface area (Å²) in [5.41, 5.74) is 2.43. The monoisotopic (exact) mass is 325 g/mol. The second-order valence-electron chi connectivity index (χ2n) is 5.69. The van der Waals surface area contributed by atoms with Gasteiger partial charge in [0.25, 0.3) is 10.2 Å². The van der Waals surface area contributed by atoms with Crippen LogP contribution in [0, 0.1) is 6.92 Å². The summed E-state index contributed by atoms with van der Waals surface area (Å²) in [5, 5.41) is 0. The third kappa shape index (κ3) is 3.12. The van der Waals surface area contributed by atoms with Crippen LogP contribution in [0.4, 0.5) is 5.69 Å². The van der Waals surface area contributed by atoms with Gasteiger partial charge in [0, 0.05) is 45.0 Å². The van der Waals surface area contributed by atoms with Crippen LogP contribution < -0.4 is 4.90 Å². The first-order valence-electron chi connectivity index (χ1n) is 7.72. The Balaban J connectivity index is 1.65. The topological polar surface area (TPSA) is 53.1 Å². The Hall–Kier alpha value is -1.15. The lowest BCUT2D eigenvalue weighted by Gasteiger charge is -2.38. The number of rotatable bonds is 3. The first kappa shape index (κ1) is 15.7. The summed E-state index contributed by atoms with van der Waals surface area (Å²) in [4.78, 5) is 2.26. The fourth-order valence-corrected chi connectivity index (χ4v) is 4.58. The Morgan fingerprint density at radius 3 is 2.14 bits per heavy atom. The summed E-state index contributed by atoms with van der Waals surface area (Å²) < 4.78 is 33.6. The zero-order valence-corrected chi connectivity index (χ0v) is 13.8. The highest BCUT2D eigenvalue weighted by molar-refractivity contribution is 7.86. The summed E-state index contributed by atoms with van der Waals surface area (Å²) in [7, 11) is -3.34. The van der Waals surface area contributed by atoms with Crippen molar-refractivity contribution in [2.75, 3.05) is 57.4 Å². The molecule has 0 N–H and O–H groups in total. The molecule has 0 spiro atoms. The molecule has 2 saturated heterocycles. The van der Waals surface area contributed by atoms with E-state index in [1.165, 1.54) is 11.3 Å². The van der Waals surface area contributed by atoms with Crippen molar-refractivity contribution in [2.45, 2.75) is 6.92 Å². The molecule has 122 valence electrons. The summed E-state index contributed by atoms with van der Waals surface area (Å²) in [6.45, 7) is 6.52. The van der Waals surface area contributed by atoms with Crippen LogP contribution in [0.2, 0.25) is 0 Å². The molecular weight excluding hydrogens is 302 g/mol. The van der Waals surface area contributed by atoms with Crippen molar-refractivity contribution in [3.63, 3.8) is 0 Å². The van der Waals surface area contributed by atoms with Crippen molar-refractivity contribution in [1.29, 1.82) is 0 Å². The maximum Gasteiger partial charge on any atom is 0.282 e. The average molecular weight is 325 g/mol. The van der Waals surface area contributed by atoms with Gasteiger partial charge in [0.2, 0.25) is 0 Å². The maximum absolute atomic E-state index is 12.6. The van der Waals surface area contributed by atoms with Crippen LogP contribution in [0.3, 0.4) is 0 Å². The van der Waals surface area contributed by atoms with Gasteiger partial charge in [-0.2, -0.15) is 17.0 Å². The van der Waals surface area contributed by atoms with E-state index in [0.717, 1.165) is 13.1 Å². The lowest BCUT2D eigenvalue weighted by atomic mass is 10.1. The number of benzene rings is 1. The molecule has 6 nitrogen and oxygen atoms in total. The minimum atomic E-state index is -3.34. The second kappa shape index (κ2) is 6.54. The molecule has 0 radical (unpaired) electrons. The zero-order chi connectivity index (χ0) is 15.6. The Labute approximate surface area is 132 Å². The minimum Gasteiger partial charge on any atom is -0.379 e. The quantitative estimate of drug-likeness (QED) is 0.821. The molecule has 0 bridgehead atoms. The maximum atomic E-state index is 12.6. The average Bonchev–Trinajstić information content (AvgIpc) is 2.56. The van der Waals surface area contributed by atoms with Gasteiger partial charge < -0.3 is 9.64 Å². The largest absolute Gasteiger partial charge is 0.379 e. The molecule has 1 aromatic rings. The number of para-hydroxylation sites is 1. The van der Waals surface area contributed by atoms with E-state index in [9.17, 15) is 8.42 Å². The van der Waals surface area contributed by atoms with Crippen LogP contribution in [-0.4, -0.2) is 69.5 Å². The third-order valence-corrected chi connectivity index (χ3v) is 6.35. The standard InChI is InChI=1S/C15H23N3O3S/c1-14-4-2-3-5-15(14)16-6-8-17(9-7-16)22(19,20)18-10-12-21-13-11-18/h2-5H,6-13H2,1H3. The Morgan fingerprint density at radius 2 is 1.50 bits per heavy atom. The number of ether oxygens (including phenoxy) is 1. The SMILES string of the molecule is Cc1ccccc1N1CCN(S(=O)(=O)N2CCOCC2)CC1. The molecule has 2 fully saturated rings. The first-order chi connectivity index (χ1) is 10.6. The fourth-order valence-electron chi connectivity index (χ4n) is 3.02. The van der Waals surface area contributed by atoms with Crippen LogP contribution in [0.15, 0.2) is 24.3 Å². The molecule has 0 unspecified atom stereocenters. The first-order valence-corrected chi connectivity index (χ1v) is 9.12. The number of hydrogen-bond donors (Lipinski definition) is 0. The van der Waals surface area contributed by atoms with Gasteiger partial charge in [0.15, 0.2) is 0 Å². The van der Waals surface area contributed by atoms with E-state index in [1.807, 2.05) is 12.1 Å². The highest BCUT2D eigenvalue weighted by Gasteiger charge is 2.33. The molecule has 2 heterocycles. The van der Waals surface area contributed by atoms with E-state index < -0.39 is 10.2 Å². The molecule has 1 aromatic carbocycles. The molecule has 3 rings (SSSR count). The third-order valence-electron chi connectivity index (χ3n) is 4.32. The van der Waals surface area contributed by atoms with Gasteiger partial charge in [0.05, 0.1) is 13.2 Å². The van der Waals surface area contributed by atoms with Crippen molar-refractivity contribution in [3.05, 3.63) is 29.8 Å². The van der Waals surface area contributed by atoms with E-state index in [4.69, 9.17) is 4.74 Å². The van der Waals surface area contributed by atoms with E-state index in [1.54, 1.807) is 8.61 Å². The number of aryl methyl sites for hydroxylation is 1. The highest BCUT2D eigenvalue weighted by atomic mass is 32.2. The normalized spacial score (nSPS) is 22.0. The van der Waals surface area contributed by atoms with Gasteiger partial charge in [-0.3, -0.25) is 0 Å². The van der Waals surface area contributed by atoms with E-state index in [2.05, 4.69) is 24.0 Å². The lowest BCUT2D eigenvalue weighted by molar-refractivity contribution is 0.0700. The molecular formula is C15H23N3O3S. The Bertz CT molecular complexity index is 606. The van der Waals surface area contributed by atoms with Gasteiger partial charge >= 0.3 is 0 Å². The molecule has 2 aliphatic heterocycles. The van der Waals surface area contributed by atoms with Crippen LogP contribution in [-0.2, 0) is 14.9 Å². The van der Waals surface area contributed by atoms with Crippen molar-refractivity contribution < 1.29 is 13.2 Å². The molecule has 2 aliphatic rings. The predicted octanol–water partition coefficient (Wildman–Crippen LogP) is 0.694.